The lowest BCUT2D eigenvalue weighted by atomic mass is 9.71. The molecule has 0 aromatic heterocycles. The highest BCUT2D eigenvalue weighted by atomic mass is 19.4. The van der Waals surface area contributed by atoms with E-state index in [0.717, 1.165) is 60.9 Å². The number of halogens is 3. The molecular weight excluding hydrogens is 653 g/mol. The van der Waals surface area contributed by atoms with Crippen LogP contribution in [0.1, 0.15) is 75.2 Å². The molecule has 7 rings (SSSR count). The highest BCUT2D eigenvalue weighted by Crippen LogP contribution is 2.42. The van der Waals surface area contributed by atoms with Crippen molar-refractivity contribution in [2.24, 2.45) is 5.41 Å². The Bertz CT molecular complexity index is 1880. The van der Waals surface area contributed by atoms with E-state index < -0.39 is 47.7 Å². The van der Waals surface area contributed by atoms with Crippen LogP contribution in [0.5, 0.6) is 5.75 Å². The van der Waals surface area contributed by atoms with Gasteiger partial charge in [0.1, 0.15) is 11.8 Å². The molecule has 1 N–H and O–H groups in total. The van der Waals surface area contributed by atoms with Crippen LogP contribution < -0.4 is 10.1 Å². The van der Waals surface area contributed by atoms with Gasteiger partial charge in [0.25, 0.3) is 17.7 Å². The van der Waals surface area contributed by atoms with Crippen molar-refractivity contribution < 1.29 is 41.9 Å². The number of nitrogens with zero attached hydrogens (tertiary/aromatic N) is 3. The number of likely N-dealkylation sites (tertiary alicyclic amines) is 2. The molecule has 3 aromatic carbocycles. The summed E-state index contributed by atoms with van der Waals surface area (Å²) >= 11 is 0. The number of benzene rings is 3. The fourth-order valence-corrected chi connectivity index (χ4v) is 7.75. The smallest absolute Gasteiger partial charge is 0.405 e. The van der Waals surface area contributed by atoms with Crippen LogP contribution in [-0.2, 0) is 16.1 Å². The number of carbonyl (C=O) groups is 5. The number of rotatable bonds is 6. The second-order valence-electron chi connectivity index (χ2n) is 13.5. The quantitative estimate of drug-likeness (QED) is 0.356. The van der Waals surface area contributed by atoms with Crippen molar-refractivity contribution in [2.75, 3.05) is 26.2 Å². The second kappa shape index (κ2) is 13.0. The first-order valence-electron chi connectivity index (χ1n) is 16.7. The van der Waals surface area contributed by atoms with Gasteiger partial charge in [0.2, 0.25) is 11.8 Å². The summed E-state index contributed by atoms with van der Waals surface area (Å²) in [6, 6.07) is 17.3. The van der Waals surface area contributed by atoms with E-state index >= 15 is 0 Å². The molecule has 0 saturated carbocycles. The summed E-state index contributed by atoms with van der Waals surface area (Å²) in [6.45, 7) is 3.29. The van der Waals surface area contributed by atoms with Gasteiger partial charge in [0.15, 0.2) is 0 Å². The molecular formula is C37H35F3N4O6. The fraction of sp³-hybridized carbons (Fsp3) is 0.378. The number of hydrogen-bond acceptors (Lipinski definition) is 7. The minimum absolute atomic E-state index is 0.0493. The Morgan fingerprint density at radius 1 is 0.840 bits per heavy atom. The topological polar surface area (TPSA) is 116 Å². The van der Waals surface area contributed by atoms with Crippen molar-refractivity contribution in [3.8, 4) is 16.9 Å². The zero-order valence-corrected chi connectivity index (χ0v) is 27.1. The van der Waals surface area contributed by atoms with Crippen LogP contribution in [-0.4, -0.2) is 82.8 Å². The number of carbonyl (C=O) groups excluding carboxylic acids is 5. The maximum Gasteiger partial charge on any atom is 0.573 e. The van der Waals surface area contributed by atoms with Gasteiger partial charge in [-0.05, 0) is 91.6 Å². The zero-order valence-electron chi connectivity index (χ0n) is 27.1. The molecule has 1 unspecified atom stereocenters. The van der Waals surface area contributed by atoms with Gasteiger partial charge in [-0.3, -0.25) is 39.1 Å². The van der Waals surface area contributed by atoms with Gasteiger partial charge >= 0.3 is 6.36 Å². The molecule has 260 valence electrons. The number of para-hydroxylation sites is 1. The van der Waals surface area contributed by atoms with E-state index in [1.165, 1.54) is 18.2 Å². The van der Waals surface area contributed by atoms with Gasteiger partial charge in [-0.2, -0.15) is 0 Å². The first-order valence-corrected chi connectivity index (χ1v) is 16.7. The Labute approximate surface area is 286 Å². The monoisotopic (exact) mass is 688 g/mol. The number of imide groups is 2. The number of amides is 5. The largest absolute Gasteiger partial charge is 0.573 e. The van der Waals surface area contributed by atoms with E-state index in [9.17, 15) is 37.1 Å². The second-order valence-corrected chi connectivity index (χ2v) is 13.5. The Hall–Kier alpha value is -5.04. The van der Waals surface area contributed by atoms with Gasteiger partial charge in [0, 0.05) is 26.1 Å². The van der Waals surface area contributed by atoms with Crippen LogP contribution in [0.3, 0.4) is 0 Å². The molecule has 4 aliphatic heterocycles. The van der Waals surface area contributed by atoms with Crippen LogP contribution >= 0.6 is 0 Å². The van der Waals surface area contributed by atoms with E-state index in [2.05, 4.69) is 15.0 Å². The molecule has 3 fully saturated rings. The Balaban J connectivity index is 0.981. The van der Waals surface area contributed by atoms with Gasteiger partial charge in [-0.15, -0.1) is 13.2 Å². The molecule has 0 radical (unpaired) electrons. The lowest BCUT2D eigenvalue weighted by molar-refractivity contribution is -0.274. The van der Waals surface area contributed by atoms with Crippen LogP contribution in [0.4, 0.5) is 13.2 Å². The van der Waals surface area contributed by atoms with Gasteiger partial charge in [-0.25, -0.2) is 0 Å². The predicted octanol–water partition coefficient (Wildman–Crippen LogP) is 5.17. The number of ether oxygens (including phenoxy) is 1. The molecule has 13 heteroatoms. The first-order chi connectivity index (χ1) is 23.9. The van der Waals surface area contributed by atoms with E-state index in [1.807, 2.05) is 24.3 Å². The molecule has 4 heterocycles. The molecule has 10 nitrogen and oxygen atoms in total. The normalized spacial score (nSPS) is 21.0. The lowest BCUT2D eigenvalue weighted by Gasteiger charge is -2.47. The maximum absolute atomic E-state index is 13.6. The Kier molecular flexibility index (Phi) is 8.71. The summed E-state index contributed by atoms with van der Waals surface area (Å²) in [5, 5.41) is 2.23. The fourth-order valence-electron chi connectivity index (χ4n) is 7.75. The van der Waals surface area contributed by atoms with E-state index in [-0.39, 0.29) is 34.9 Å². The van der Waals surface area contributed by atoms with Crippen molar-refractivity contribution in [2.45, 2.75) is 57.5 Å². The first kappa shape index (κ1) is 33.5. The van der Waals surface area contributed by atoms with Crippen LogP contribution in [0.2, 0.25) is 0 Å². The molecule has 5 amide bonds. The number of piperidine rings is 3. The summed E-state index contributed by atoms with van der Waals surface area (Å²) in [5.41, 5.74) is 2.86. The number of alkyl halides is 3. The van der Waals surface area contributed by atoms with Crippen molar-refractivity contribution in [3.05, 3.63) is 89.0 Å². The summed E-state index contributed by atoms with van der Waals surface area (Å²) in [7, 11) is 0. The highest BCUT2D eigenvalue weighted by molar-refractivity contribution is 6.25. The van der Waals surface area contributed by atoms with Gasteiger partial charge in [0.05, 0.1) is 16.7 Å². The summed E-state index contributed by atoms with van der Waals surface area (Å²) in [5.74, 6) is -3.12. The number of fused-ring (bicyclic) bond motifs is 1. The Morgan fingerprint density at radius 2 is 1.52 bits per heavy atom. The molecule has 3 aromatic rings. The minimum Gasteiger partial charge on any atom is -0.405 e. The van der Waals surface area contributed by atoms with Gasteiger partial charge in [-0.1, -0.05) is 42.5 Å². The highest BCUT2D eigenvalue weighted by Gasteiger charge is 2.46. The molecule has 4 aliphatic rings. The van der Waals surface area contributed by atoms with Crippen molar-refractivity contribution >= 4 is 29.5 Å². The van der Waals surface area contributed by atoms with Crippen LogP contribution in [0, 0.1) is 5.41 Å². The molecule has 0 bridgehead atoms. The standard InChI is InChI=1S/C37H35F3N4O6/c38-37(39,40)50-29-10-2-1-7-26(29)33(47)43-19-15-36(16-20-43)13-17-42(18-14-36)22-23-5-3-6-24(21-23)25-8-4-9-27-31(25)35(49)44(34(27)48)28-11-12-30(45)41-32(28)46/h1-10,21,28H,11-20,22H2,(H,41,45,46). The zero-order chi connectivity index (χ0) is 35.2. The van der Waals surface area contributed by atoms with E-state index in [1.54, 1.807) is 23.1 Å². The SMILES string of the molecule is O=C1CCC(N2C(=O)c3cccc(-c4cccc(CN5CCC6(CC5)CCN(C(=O)c5ccccc5OC(F)(F)F)CC6)c4)c3C2=O)C(=O)N1. The third kappa shape index (κ3) is 6.49. The van der Waals surface area contributed by atoms with Crippen molar-refractivity contribution in [3.63, 3.8) is 0 Å². The average Bonchev–Trinajstić information content (AvgIpc) is 3.35. The number of hydrogen-bond donors (Lipinski definition) is 1. The van der Waals surface area contributed by atoms with E-state index in [0.29, 0.717) is 25.2 Å². The summed E-state index contributed by atoms with van der Waals surface area (Å²) < 4.78 is 42.8. The maximum atomic E-state index is 13.6. The molecule has 50 heavy (non-hydrogen) atoms. The predicted molar refractivity (Wildman–Crippen MR) is 174 cm³/mol. The van der Waals surface area contributed by atoms with Crippen molar-refractivity contribution in [1.29, 1.82) is 0 Å². The molecule has 1 atom stereocenters. The third-order valence-electron chi connectivity index (χ3n) is 10.5. The number of nitrogens with one attached hydrogen (secondary N) is 1. The third-order valence-corrected chi connectivity index (χ3v) is 10.5. The minimum atomic E-state index is -4.89. The van der Waals surface area contributed by atoms with Crippen LogP contribution in [0.15, 0.2) is 66.7 Å². The van der Waals surface area contributed by atoms with Gasteiger partial charge < -0.3 is 9.64 Å². The Morgan fingerprint density at radius 3 is 2.24 bits per heavy atom. The summed E-state index contributed by atoms with van der Waals surface area (Å²) in [4.78, 5) is 69.3. The molecule has 1 spiro atoms. The van der Waals surface area contributed by atoms with Crippen molar-refractivity contribution in [1.82, 2.24) is 20.0 Å². The molecule has 3 saturated heterocycles. The summed E-state index contributed by atoms with van der Waals surface area (Å²) in [6.07, 6.45) is -1.35. The average molecular weight is 689 g/mol. The molecule has 0 aliphatic carbocycles. The lowest BCUT2D eigenvalue weighted by Crippen LogP contribution is -2.54. The van der Waals surface area contributed by atoms with Crippen LogP contribution in [0.25, 0.3) is 11.1 Å². The van der Waals surface area contributed by atoms with E-state index in [4.69, 9.17) is 0 Å².